The number of carboxylic acid groups (broad SMARTS) is 1. The highest BCUT2D eigenvalue weighted by Gasteiger charge is 2.56. The summed E-state index contributed by atoms with van der Waals surface area (Å²) < 4.78 is 0. The van der Waals surface area contributed by atoms with Crippen LogP contribution in [0.25, 0.3) is 0 Å². The Labute approximate surface area is 83.1 Å². The second kappa shape index (κ2) is 3.21. The first-order valence-corrected chi connectivity index (χ1v) is 5.24. The van der Waals surface area contributed by atoms with E-state index in [1.807, 2.05) is 0 Å². The number of aliphatic carboxylic acids is 1. The smallest absolute Gasteiger partial charge is 0.307 e. The Morgan fingerprint density at radius 1 is 1.36 bits per heavy atom. The molecule has 1 spiro atoms. The van der Waals surface area contributed by atoms with Crippen molar-refractivity contribution in [3.63, 3.8) is 0 Å². The van der Waals surface area contributed by atoms with Gasteiger partial charge < -0.3 is 15.9 Å². The quantitative estimate of drug-likeness (QED) is 0.568. The second-order valence-electron chi connectivity index (χ2n) is 4.66. The summed E-state index contributed by atoms with van der Waals surface area (Å²) in [6.45, 7) is 0. The molecule has 2 rings (SSSR count). The molecule has 4 unspecified atom stereocenters. The number of aliphatic hydroxyl groups excluding tert-OH is 1. The van der Waals surface area contributed by atoms with E-state index in [9.17, 15) is 9.90 Å². The first-order valence-electron chi connectivity index (χ1n) is 5.24. The van der Waals surface area contributed by atoms with Gasteiger partial charge in [-0.1, -0.05) is 6.42 Å². The van der Waals surface area contributed by atoms with Gasteiger partial charge in [0.2, 0.25) is 0 Å². The van der Waals surface area contributed by atoms with Gasteiger partial charge in [0, 0.05) is 11.5 Å². The van der Waals surface area contributed by atoms with E-state index in [2.05, 4.69) is 0 Å². The van der Waals surface area contributed by atoms with Gasteiger partial charge in [-0.2, -0.15) is 0 Å². The highest BCUT2D eigenvalue weighted by Crippen LogP contribution is 2.53. The summed E-state index contributed by atoms with van der Waals surface area (Å²) in [6, 6.07) is -0.227. The highest BCUT2D eigenvalue weighted by molar-refractivity contribution is 5.71. The highest BCUT2D eigenvalue weighted by atomic mass is 16.4. The molecule has 4 nitrogen and oxygen atoms in total. The summed E-state index contributed by atoms with van der Waals surface area (Å²) in [7, 11) is 0. The lowest BCUT2D eigenvalue weighted by Gasteiger charge is -2.33. The number of rotatable bonds is 1. The van der Waals surface area contributed by atoms with Gasteiger partial charge in [-0.3, -0.25) is 4.79 Å². The van der Waals surface area contributed by atoms with Crippen molar-refractivity contribution in [2.75, 3.05) is 0 Å². The molecule has 0 amide bonds. The zero-order chi connectivity index (χ0) is 10.3. The molecule has 2 aliphatic carbocycles. The fourth-order valence-corrected chi connectivity index (χ4v) is 3.29. The third-order valence-corrected chi connectivity index (χ3v) is 4.06. The van der Waals surface area contributed by atoms with Crippen LogP contribution in [0.5, 0.6) is 0 Å². The molecule has 0 aromatic rings. The lowest BCUT2D eigenvalue weighted by molar-refractivity contribution is -0.148. The number of hydrogen-bond acceptors (Lipinski definition) is 3. The van der Waals surface area contributed by atoms with Crippen molar-refractivity contribution in [3.8, 4) is 0 Å². The van der Waals surface area contributed by atoms with Crippen LogP contribution in [0.2, 0.25) is 0 Å². The summed E-state index contributed by atoms with van der Waals surface area (Å²) in [5.74, 6) is -1.15. The molecule has 0 radical (unpaired) electrons. The lowest BCUT2D eigenvalue weighted by atomic mass is 9.74. The van der Waals surface area contributed by atoms with Crippen molar-refractivity contribution in [1.82, 2.24) is 0 Å². The summed E-state index contributed by atoms with van der Waals surface area (Å²) >= 11 is 0. The van der Waals surface area contributed by atoms with Crippen molar-refractivity contribution >= 4 is 5.97 Å². The van der Waals surface area contributed by atoms with Gasteiger partial charge in [0.25, 0.3) is 0 Å². The molecule has 0 saturated heterocycles. The molecule has 4 N–H and O–H groups in total. The third-order valence-electron chi connectivity index (χ3n) is 4.06. The summed E-state index contributed by atoms with van der Waals surface area (Å²) in [5, 5.41) is 19.1. The predicted molar refractivity (Wildman–Crippen MR) is 50.6 cm³/mol. The van der Waals surface area contributed by atoms with Gasteiger partial charge >= 0.3 is 5.97 Å². The van der Waals surface area contributed by atoms with Crippen LogP contribution < -0.4 is 5.73 Å². The Bertz CT molecular complexity index is 256. The average molecular weight is 199 g/mol. The molecular weight excluding hydrogens is 182 g/mol. The Hall–Kier alpha value is -0.610. The van der Waals surface area contributed by atoms with Gasteiger partial charge in [-0.05, 0) is 25.7 Å². The van der Waals surface area contributed by atoms with Crippen LogP contribution in [-0.2, 0) is 4.79 Å². The first kappa shape index (κ1) is 9.93. The molecule has 0 aromatic carbocycles. The third kappa shape index (κ3) is 1.17. The fourth-order valence-electron chi connectivity index (χ4n) is 3.29. The van der Waals surface area contributed by atoms with Crippen molar-refractivity contribution < 1.29 is 15.0 Å². The van der Waals surface area contributed by atoms with Gasteiger partial charge in [-0.25, -0.2) is 0 Å². The van der Waals surface area contributed by atoms with E-state index in [1.54, 1.807) is 0 Å². The molecule has 0 aliphatic heterocycles. The van der Waals surface area contributed by atoms with Crippen molar-refractivity contribution in [1.29, 1.82) is 0 Å². The van der Waals surface area contributed by atoms with E-state index in [0.29, 0.717) is 6.42 Å². The molecule has 2 aliphatic rings. The molecule has 4 atom stereocenters. The number of aliphatic hydroxyl groups is 1. The average Bonchev–Trinajstić information content (AvgIpc) is 2.67. The predicted octanol–water partition coefficient (Wildman–Crippen LogP) is 0.339. The van der Waals surface area contributed by atoms with Crippen LogP contribution in [0.4, 0.5) is 0 Å². The van der Waals surface area contributed by atoms with E-state index in [-0.39, 0.29) is 12.0 Å². The Morgan fingerprint density at radius 2 is 2.07 bits per heavy atom. The second-order valence-corrected chi connectivity index (χ2v) is 4.66. The minimum Gasteiger partial charge on any atom is -0.481 e. The number of nitrogens with two attached hydrogens (primary N) is 1. The Morgan fingerprint density at radius 3 is 2.57 bits per heavy atom. The molecular formula is C10H17NO3. The van der Waals surface area contributed by atoms with Crippen molar-refractivity contribution in [3.05, 3.63) is 0 Å². The van der Waals surface area contributed by atoms with E-state index in [0.717, 1.165) is 25.7 Å². The standard InChI is InChI=1S/C10H17NO3/c11-7-3-5-10(8(7)12)4-1-2-6(10)9(13)14/h6-8,12H,1-5,11H2,(H,13,14). The number of carbonyl (C=O) groups is 1. The van der Waals surface area contributed by atoms with Crippen LogP contribution in [-0.4, -0.2) is 28.3 Å². The van der Waals surface area contributed by atoms with Crippen LogP contribution in [0.15, 0.2) is 0 Å². The summed E-state index contributed by atoms with van der Waals surface area (Å²) in [5.41, 5.74) is 5.34. The maximum atomic E-state index is 11.1. The van der Waals surface area contributed by atoms with Crippen molar-refractivity contribution in [2.24, 2.45) is 17.1 Å². The normalized spacial score (nSPS) is 47.4. The summed E-state index contributed by atoms with van der Waals surface area (Å²) in [6.07, 6.45) is 3.32. The topological polar surface area (TPSA) is 83.6 Å². The molecule has 0 heterocycles. The molecule has 2 saturated carbocycles. The molecule has 14 heavy (non-hydrogen) atoms. The zero-order valence-electron chi connectivity index (χ0n) is 8.15. The molecule has 80 valence electrons. The monoisotopic (exact) mass is 199 g/mol. The van der Waals surface area contributed by atoms with E-state index in [1.165, 1.54) is 0 Å². The van der Waals surface area contributed by atoms with Gasteiger partial charge in [0.1, 0.15) is 0 Å². The van der Waals surface area contributed by atoms with Crippen LogP contribution in [0.3, 0.4) is 0 Å². The van der Waals surface area contributed by atoms with E-state index in [4.69, 9.17) is 10.8 Å². The van der Waals surface area contributed by atoms with Gasteiger partial charge in [-0.15, -0.1) is 0 Å². The SMILES string of the molecule is NC1CCC2(CCCC2C(=O)O)C1O. The first-order chi connectivity index (χ1) is 6.58. The maximum Gasteiger partial charge on any atom is 0.307 e. The van der Waals surface area contributed by atoms with Gasteiger partial charge in [0.05, 0.1) is 12.0 Å². The fraction of sp³-hybridized carbons (Fsp3) is 0.900. The molecule has 2 fully saturated rings. The Balaban J connectivity index is 2.26. The Kier molecular flexibility index (Phi) is 2.27. The molecule has 0 aromatic heterocycles. The van der Waals surface area contributed by atoms with E-state index >= 15 is 0 Å². The van der Waals surface area contributed by atoms with Gasteiger partial charge in [0.15, 0.2) is 0 Å². The minimum absolute atomic E-state index is 0.227. The maximum absolute atomic E-state index is 11.1. The van der Waals surface area contributed by atoms with Crippen LogP contribution in [0, 0.1) is 11.3 Å². The van der Waals surface area contributed by atoms with Crippen LogP contribution in [0.1, 0.15) is 32.1 Å². The van der Waals surface area contributed by atoms with E-state index < -0.39 is 17.5 Å². The largest absolute Gasteiger partial charge is 0.481 e. The van der Waals surface area contributed by atoms with Crippen LogP contribution >= 0.6 is 0 Å². The van der Waals surface area contributed by atoms with Crippen molar-refractivity contribution in [2.45, 2.75) is 44.2 Å². The minimum atomic E-state index is -0.768. The lowest BCUT2D eigenvalue weighted by Crippen LogP contribution is -2.44. The number of hydrogen-bond donors (Lipinski definition) is 3. The zero-order valence-corrected chi connectivity index (χ0v) is 8.15. The molecule has 0 bridgehead atoms. The summed E-state index contributed by atoms with van der Waals surface area (Å²) in [4.78, 5) is 11.1. The molecule has 4 heteroatoms. The number of carboxylic acids is 1.